The summed E-state index contributed by atoms with van der Waals surface area (Å²) in [5.74, 6) is 0.510. The van der Waals surface area contributed by atoms with Gasteiger partial charge in [0.25, 0.3) is 0 Å². The summed E-state index contributed by atoms with van der Waals surface area (Å²) in [5.41, 5.74) is 0. The van der Waals surface area contributed by atoms with Gasteiger partial charge in [-0.2, -0.15) is 0 Å². The van der Waals surface area contributed by atoms with E-state index >= 15 is 0 Å². The number of nitrogens with one attached hydrogen (secondary N) is 2. The number of hydrogen-bond donors (Lipinski definition) is 2. The molecule has 184 valence electrons. The predicted octanol–water partition coefficient (Wildman–Crippen LogP) is 3.73. The summed E-state index contributed by atoms with van der Waals surface area (Å²) in [5, 5.41) is 6.13. The third-order valence-corrected chi connectivity index (χ3v) is 7.34. The summed E-state index contributed by atoms with van der Waals surface area (Å²) in [6.07, 6.45) is -3.06. The van der Waals surface area contributed by atoms with E-state index in [2.05, 4.69) is 10.6 Å². The number of ether oxygens (including phenoxy) is 4. The molecule has 0 aromatic rings. The third kappa shape index (κ3) is 15.4. The van der Waals surface area contributed by atoms with Gasteiger partial charge in [-0.3, -0.25) is 9.05 Å². The van der Waals surface area contributed by atoms with Gasteiger partial charge in [0.2, 0.25) is 12.6 Å². The Morgan fingerprint density at radius 2 is 1.29 bits per heavy atom. The Balaban J connectivity index is 5.09. The molecule has 0 aliphatic rings. The summed E-state index contributed by atoms with van der Waals surface area (Å²) in [6.45, 7) is 4.27. The predicted molar refractivity (Wildman–Crippen MR) is 118 cm³/mol. The monoisotopic (exact) mass is 488 g/mol. The van der Waals surface area contributed by atoms with E-state index in [1.807, 2.05) is 27.9 Å². The molecule has 0 radical (unpaired) electrons. The van der Waals surface area contributed by atoms with Gasteiger partial charge < -0.3 is 29.6 Å². The highest BCUT2D eigenvalue weighted by Gasteiger charge is 2.34. The lowest BCUT2D eigenvalue weighted by molar-refractivity contribution is -0.0817. The molecule has 0 aromatic heterocycles. The quantitative estimate of drug-likeness (QED) is 0.176. The smallest absolute Gasteiger partial charge is 0.434 e. The third-order valence-electron chi connectivity index (χ3n) is 3.38. The summed E-state index contributed by atoms with van der Waals surface area (Å²) >= 11 is 0.925. The zero-order chi connectivity index (χ0) is 23.7. The highest BCUT2D eigenvalue weighted by molar-refractivity contribution is 8.55. The SMILES string of the molecule is CCCOC(=O)OC(C)OP(=O)(OC(C)OC(=O)OCCC)SCC(CNC)CNC. The first-order valence-corrected chi connectivity index (χ1v) is 13.4. The fourth-order valence-corrected chi connectivity index (χ4v) is 6.05. The zero-order valence-corrected chi connectivity index (χ0v) is 20.9. The van der Waals surface area contributed by atoms with E-state index in [1.165, 1.54) is 13.8 Å². The Hall–Kier alpha value is -1.04. The Labute approximate surface area is 188 Å². The fraction of sp³-hybridized carbons (Fsp3) is 0.889. The maximum atomic E-state index is 13.4. The van der Waals surface area contributed by atoms with Crippen LogP contribution in [-0.2, 0) is 32.6 Å². The van der Waals surface area contributed by atoms with Crippen molar-refractivity contribution in [3.63, 3.8) is 0 Å². The minimum atomic E-state index is -3.90. The van der Waals surface area contributed by atoms with Gasteiger partial charge in [-0.15, -0.1) is 0 Å². The Morgan fingerprint density at radius 3 is 1.65 bits per heavy atom. The van der Waals surface area contributed by atoms with Crippen LogP contribution in [0.1, 0.15) is 40.5 Å². The fourth-order valence-electron chi connectivity index (χ4n) is 2.17. The lowest BCUT2D eigenvalue weighted by Crippen LogP contribution is -2.29. The van der Waals surface area contributed by atoms with Gasteiger partial charge in [-0.25, -0.2) is 14.2 Å². The van der Waals surface area contributed by atoms with E-state index in [9.17, 15) is 14.2 Å². The molecule has 31 heavy (non-hydrogen) atoms. The van der Waals surface area contributed by atoms with Gasteiger partial charge in [0.1, 0.15) is 0 Å². The van der Waals surface area contributed by atoms with Crippen LogP contribution in [0.2, 0.25) is 0 Å². The molecule has 0 saturated heterocycles. The molecular formula is C18H37N2O9PS. The van der Waals surface area contributed by atoms with Crippen molar-refractivity contribution in [1.82, 2.24) is 10.6 Å². The van der Waals surface area contributed by atoms with E-state index < -0.39 is 31.7 Å². The highest BCUT2D eigenvalue weighted by Crippen LogP contribution is 2.62. The zero-order valence-electron chi connectivity index (χ0n) is 19.2. The molecule has 0 heterocycles. The lowest BCUT2D eigenvalue weighted by atomic mass is 10.2. The van der Waals surface area contributed by atoms with Crippen LogP contribution < -0.4 is 10.6 Å². The van der Waals surface area contributed by atoms with E-state index in [1.54, 1.807) is 0 Å². The molecule has 0 bridgehead atoms. The van der Waals surface area contributed by atoms with Gasteiger partial charge in [-0.1, -0.05) is 13.8 Å². The summed E-state index contributed by atoms with van der Waals surface area (Å²) in [4.78, 5) is 23.3. The van der Waals surface area contributed by atoms with Crippen molar-refractivity contribution in [2.45, 2.75) is 53.1 Å². The Kier molecular flexibility index (Phi) is 16.9. The van der Waals surface area contributed by atoms with Gasteiger partial charge >= 0.3 is 19.1 Å². The second-order valence-corrected chi connectivity index (χ2v) is 10.5. The molecule has 13 heteroatoms. The first kappa shape index (κ1) is 30.0. The van der Waals surface area contributed by atoms with Crippen molar-refractivity contribution < 1.29 is 42.1 Å². The number of hydrogen-bond acceptors (Lipinski definition) is 12. The van der Waals surface area contributed by atoms with E-state index in [4.69, 9.17) is 28.0 Å². The summed E-state index contributed by atoms with van der Waals surface area (Å²) in [6, 6.07) is 0. The van der Waals surface area contributed by atoms with E-state index in [-0.39, 0.29) is 19.1 Å². The largest absolute Gasteiger partial charge is 0.510 e. The van der Waals surface area contributed by atoms with Crippen LogP contribution in [0.3, 0.4) is 0 Å². The van der Waals surface area contributed by atoms with Gasteiger partial charge in [0.05, 0.1) is 13.2 Å². The topological polar surface area (TPSA) is 131 Å². The molecule has 0 amide bonds. The molecule has 11 nitrogen and oxygen atoms in total. The van der Waals surface area contributed by atoms with Crippen molar-refractivity contribution in [2.24, 2.45) is 5.92 Å². The number of carbonyl (C=O) groups excluding carboxylic acids is 2. The standard InChI is InChI=1S/C18H37N2O9PS/c1-7-9-24-17(21)26-14(3)28-30(23,31-13-16(11-19-5)12-20-6)29-15(4)27-18(22)25-10-8-2/h14-16,19-20H,7-13H2,1-6H3. The average molecular weight is 489 g/mol. The first-order chi connectivity index (χ1) is 14.7. The van der Waals surface area contributed by atoms with Crippen molar-refractivity contribution in [3.05, 3.63) is 0 Å². The van der Waals surface area contributed by atoms with Crippen LogP contribution in [0.4, 0.5) is 9.59 Å². The molecule has 0 aromatic carbocycles. The molecule has 0 spiro atoms. The van der Waals surface area contributed by atoms with Crippen molar-refractivity contribution >= 4 is 30.5 Å². The first-order valence-electron chi connectivity index (χ1n) is 10.3. The van der Waals surface area contributed by atoms with Crippen LogP contribution >= 0.6 is 18.2 Å². The molecular weight excluding hydrogens is 451 g/mol. The normalized spacial score (nSPS) is 15.1. The Bertz CT molecular complexity index is 516. The number of rotatable bonds is 17. The summed E-state index contributed by atoms with van der Waals surface area (Å²) in [7, 11) is 3.63. The average Bonchev–Trinajstić information content (AvgIpc) is 2.68. The van der Waals surface area contributed by atoms with Crippen molar-refractivity contribution in [2.75, 3.05) is 46.2 Å². The summed E-state index contributed by atoms with van der Waals surface area (Å²) < 4.78 is 43.8. The highest BCUT2D eigenvalue weighted by atomic mass is 32.7. The molecule has 2 N–H and O–H groups in total. The number of carbonyl (C=O) groups is 2. The maximum absolute atomic E-state index is 13.4. The van der Waals surface area contributed by atoms with Crippen LogP contribution in [0.5, 0.6) is 0 Å². The maximum Gasteiger partial charge on any atom is 0.510 e. The van der Waals surface area contributed by atoms with Crippen molar-refractivity contribution in [3.8, 4) is 0 Å². The van der Waals surface area contributed by atoms with Crippen LogP contribution in [0, 0.1) is 5.92 Å². The van der Waals surface area contributed by atoms with Crippen LogP contribution in [-0.4, -0.2) is 71.0 Å². The molecule has 0 fully saturated rings. The minimum absolute atomic E-state index is 0.108. The molecule has 2 atom stereocenters. The second-order valence-electron chi connectivity index (χ2n) is 6.50. The van der Waals surface area contributed by atoms with Gasteiger partial charge in [0, 0.05) is 5.75 Å². The van der Waals surface area contributed by atoms with E-state index in [0.717, 1.165) is 11.4 Å². The van der Waals surface area contributed by atoms with Crippen LogP contribution in [0.15, 0.2) is 0 Å². The van der Waals surface area contributed by atoms with Crippen molar-refractivity contribution in [1.29, 1.82) is 0 Å². The minimum Gasteiger partial charge on any atom is -0.434 e. The Morgan fingerprint density at radius 1 is 0.871 bits per heavy atom. The molecule has 0 aliphatic carbocycles. The lowest BCUT2D eigenvalue weighted by Gasteiger charge is -2.25. The van der Waals surface area contributed by atoms with Gasteiger partial charge in [-0.05, 0) is 71.2 Å². The van der Waals surface area contributed by atoms with E-state index in [0.29, 0.717) is 31.7 Å². The van der Waals surface area contributed by atoms with Gasteiger partial charge in [0.15, 0.2) is 0 Å². The molecule has 0 saturated carbocycles. The molecule has 0 rings (SSSR count). The second kappa shape index (κ2) is 17.5. The van der Waals surface area contributed by atoms with Crippen LogP contribution in [0.25, 0.3) is 0 Å². The molecule has 2 unspecified atom stereocenters. The molecule has 0 aliphatic heterocycles.